The van der Waals surface area contributed by atoms with Gasteiger partial charge in [0.2, 0.25) is 0 Å². The van der Waals surface area contributed by atoms with Crippen LogP contribution in [0.4, 0.5) is 11.4 Å². The van der Waals surface area contributed by atoms with E-state index in [0.29, 0.717) is 28.2 Å². The molecule has 100 valence electrons. The molecule has 2 aromatic carbocycles. The number of hydrogen-bond acceptors (Lipinski definition) is 5. The van der Waals surface area contributed by atoms with E-state index in [4.69, 9.17) is 12.6 Å². The zero-order chi connectivity index (χ0) is 14.5. The molecule has 0 aromatic heterocycles. The number of aliphatic hydroxyl groups is 1. The second-order valence-corrected chi connectivity index (χ2v) is 4.10. The van der Waals surface area contributed by atoms with E-state index < -0.39 is 0 Å². The third-order valence-electron chi connectivity index (χ3n) is 2.70. The van der Waals surface area contributed by atoms with Gasteiger partial charge in [-0.05, 0) is 30.3 Å². The number of aromatic hydroxyl groups is 1. The number of azo groups is 1. The number of benzene rings is 2. The summed E-state index contributed by atoms with van der Waals surface area (Å²) in [5.74, 6) is 0.580. The van der Waals surface area contributed by atoms with Crippen LogP contribution in [0.1, 0.15) is 5.56 Å². The van der Waals surface area contributed by atoms with Gasteiger partial charge in [0.1, 0.15) is 25.0 Å². The van der Waals surface area contributed by atoms with E-state index in [1.807, 2.05) is 0 Å². The number of rotatable bonds is 4. The molecule has 0 heterocycles. The predicted molar refractivity (Wildman–Crippen MR) is 76.6 cm³/mol. The Bertz CT molecular complexity index is 589. The van der Waals surface area contributed by atoms with Crippen LogP contribution in [0.15, 0.2) is 46.6 Å². The average Bonchev–Trinajstić information content (AvgIpc) is 2.46. The highest BCUT2D eigenvalue weighted by atomic mass is 16.5. The Balaban J connectivity index is 2.34. The molecule has 6 heteroatoms. The van der Waals surface area contributed by atoms with Gasteiger partial charge in [0, 0.05) is 5.56 Å². The highest BCUT2D eigenvalue weighted by molar-refractivity contribution is 6.32. The summed E-state index contributed by atoms with van der Waals surface area (Å²) in [5.41, 5.74) is 2.06. The number of nitrogens with zero attached hydrogens (tertiary/aromatic N) is 2. The molecule has 2 radical (unpaired) electrons. The molecular weight excluding hydrogens is 255 g/mol. The van der Waals surface area contributed by atoms with Crippen LogP contribution >= 0.6 is 0 Å². The van der Waals surface area contributed by atoms with Crippen molar-refractivity contribution in [1.29, 1.82) is 0 Å². The zero-order valence-corrected chi connectivity index (χ0v) is 10.9. The Labute approximate surface area is 118 Å². The summed E-state index contributed by atoms with van der Waals surface area (Å²) in [6.45, 7) is -0.234. The molecule has 0 amide bonds. The highest BCUT2D eigenvalue weighted by Gasteiger charge is 2.04. The molecule has 0 aliphatic carbocycles. The first-order valence-corrected chi connectivity index (χ1v) is 5.92. The van der Waals surface area contributed by atoms with Crippen molar-refractivity contribution in [1.82, 2.24) is 0 Å². The van der Waals surface area contributed by atoms with Gasteiger partial charge in [0.15, 0.2) is 0 Å². The zero-order valence-electron chi connectivity index (χ0n) is 10.9. The van der Waals surface area contributed by atoms with E-state index in [2.05, 4.69) is 10.2 Å². The standard InChI is InChI=1S/C14H13BN2O3/c1-20-14-7-10(15)2-4-13(14)17-16-12-5-3-11(19)6-9(12)8-18/h2-7,18-19H,8H2,1H3. The van der Waals surface area contributed by atoms with E-state index in [9.17, 15) is 10.2 Å². The first-order chi connectivity index (χ1) is 9.63. The Kier molecular flexibility index (Phi) is 4.37. The normalized spacial score (nSPS) is 10.9. The minimum Gasteiger partial charge on any atom is -0.508 e. The van der Waals surface area contributed by atoms with Gasteiger partial charge in [-0.2, -0.15) is 5.11 Å². The molecule has 0 saturated heterocycles. The Morgan fingerprint density at radius 2 is 1.80 bits per heavy atom. The van der Waals surface area contributed by atoms with Crippen LogP contribution in [0, 0.1) is 0 Å². The lowest BCUT2D eigenvalue weighted by molar-refractivity contribution is 0.281. The van der Waals surface area contributed by atoms with Crippen LogP contribution in [0.2, 0.25) is 0 Å². The fourth-order valence-corrected chi connectivity index (χ4v) is 1.68. The number of phenolic OH excluding ortho intramolecular Hbond substituents is 1. The molecule has 0 spiro atoms. The Hall–Kier alpha value is -2.34. The fourth-order valence-electron chi connectivity index (χ4n) is 1.68. The van der Waals surface area contributed by atoms with Crippen LogP contribution in [0.5, 0.6) is 11.5 Å². The summed E-state index contributed by atoms with van der Waals surface area (Å²) in [7, 11) is 7.18. The van der Waals surface area contributed by atoms with Crippen molar-refractivity contribution < 1.29 is 14.9 Å². The molecule has 2 rings (SSSR count). The summed E-state index contributed by atoms with van der Waals surface area (Å²) in [5, 5.41) is 26.7. The maximum Gasteiger partial charge on any atom is 0.145 e. The van der Waals surface area contributed by atoms with Gasteiger partial charge < -0.3 is 14.9 Å². The van der Waals surface area contributed by atoms with Gasteiger partial charge in [0.05, 0.1) is 19.4 Å². The minimum atomic E-state index is -0.234. The minimum absolute atomic E-state index is 0.0677. The maximum absolute atomic E-state index is 9.35. The van der Waals surface area contributed by atoms with E-state index in [-0.39, 0.29) is 12.4 Å². The summed E-state index contributed by atoms with van der Waals surface area (Å²) < 4.78 is 5.17. The molecule has 0 atom stereocenters. The van der Waals surface area contributed by atoms with Crippen LogP contribution in [-0.2, 0) is 6.61 Å². The molecule has 0 unspecified atom stereocenters. The summed E-state index contributed by atoms with van der Waals surface area (Å²) >= 11 is 0. The largest absolute Gasteiger partial charge is 0.508 e. The van der Waals surface area contributed by atoms with Gasteiger partial charge in [-0.15, -0.1) is 5.11 Å². The van der Waals surface area contributed by atoms with E-state index in [0.717, 1.165) is 0 Å². The number of phenols is 1. The van der Waals surface area contributed by atoms with Gasteiger partial charge >= 0.3 is 0 Å². The van der Waals surface area contributed by atoms with Crippen molar-refractivity contribution in [3.63, 3.8) is 0 Å². The third kappa shape index (κ3) is 3.16. The molecule has 0 saturated carbocycles. The monoisotopic (exact) mass is 268 g/mol. The van der Waals surface area contributed by atoms with Crippen molar-refractivity contribution in [3.05, 3.63) is 42.0 Å². The topological polar surface area (TPSA) is 74.4 Å². The smallest absolute Gasteiger partial charge is 0.145 e. The quantitative estimate of drug-likeness (QED) is 0.658. The molecule has 0 aliphatic rings. The van der Waals surface area contributed by atoms with E-state index in [1.165, 1.54) is 19.2 Å². The number of methoxy groups -OCH3 is 1. The van der Waals surface area contributed by atoms with Gasteiger partial charge in [-0.25, -0.2) is 0 Å². The molecule has 0 bridgehead atoms. The first kappa shape index (κ1) is 14.1. The number of aliphatic hydroxyl groups excluding tert-OH is 1. The SMILES string of the molecule is [B]c1ccc(N=Nc2ccc(O)cc2CO)c(OC)c1. The lowest BCUT2D eigenvalue weighted by atomic mass is 9.96. The van der Waals surface area contributed by atoms with Crippen LogP contribution in [-0.4, -0.2) is 25.2 Å². The highest BCUT2D eigenvalue weighted by Crippen LogP contribution is 2.30. The van der Waals surface area contributed by atoms with E-state index >= 15 is 0 Å². The molecule has 0 fully saturated rings. The molecule has 5 nitrogen and oxygen atoms in total. The van der Waals surface area contributed by atoms with Gasteiger partial charge in [-0.1, -0.05) is 11.5 Å². The first-order valence-electron chi connectivity index (χ1n) is 5.92. The maximum atomic E-state index is 9.35. The molecule has 2 N–H and O–H groups in total. The van der Waals surface area contributed by atoms with Crippen molar-refractivity contribution >= 4 is 24.7 Å². The summed E-state index contributed by atoms with van der Waals surface area (Å²) in [6, 6.07) is 9.53. The van der Waals surface area contributed by atoms with Crippen molar-refractivity contribution in [2.45, 2.75) is 6.61 Å². The van der Waals surface area contributed by atoms with Gasteiger partial charge in [0.25, 0.3) is 0 Å². The summed E-state index contributed by atoms with van der Waals surface area (Å²) in [4.78, 5) is 0. The van der Waals surface area contributed by atoms with Gasteiger partial charge in [-0.3, -0.25) is 0 Å². The predicted octanol–water partition coefficient (Wildman–Crippen LogP) is 2.10. The Morgan fingerprint density at radius 1 is 1.10 bits per heavy atom. The molecule has 2 aromatic rings. The molecule has 0 aliphatic heterocycles. The number of ether oxygens (including phenoxy) is 1. The fraction of sp³-hybridized carbons (Fsp3) is 0.143. The average molecular weight is 268 g/mol. The van der Waals surface area contributed by atoms with Crippen molar-refractivity contribution in [3.8, 4) is 11.5 Å². The van der Waals surface area contributed by atoms with E-state index in [1.54, 1.807) is 24.3 Å². The third-order valence-corrected chi connectivity index (χ3v) is 2.70. The number of hydrogen-bond donors (Lipinski definition) is 2. The van der Waals surface area contributed by atoms with Crippen LogP contribution in [0.25, 0.3) is 0 Å². The molecule has 20 heavy (non-hydrogen) atoms. The van der Waals surface area contributed by atoms with Crippen molar-refractivity contribution in [2.24, 2.45) is 10.2 Å². The summed E-state index contributed by atoms with van der Waals surface area (Å²) in [6.07, 6.45) is 0. The second-order valence-electron chi connectivity index (χ2n) is 4.10. The lowest BCUT2D eigenvalue weighted by Crippen LogP contribution is -2.01. The molecular formula is C14H13BN2O3. The second kappa shape index (κ2) is 6.21. The van der Waals surface area contributed by atoms with Crippen LogP contribution < -0.4 is 10.2 Å². The Morgan fingerprint density at radius 3 is 2.50 bits per heavy atom. The lowest BCUT2D eigenvalue weighted by Gasteiger charge is -2.05. The van der Waals surface area contributed by atoms with Crippen LogP contribution in [0.3, 0.4) is 0 Å². The van der Waals surface area contributed by atoms with Crippen molar-refractivity contribution in [2.75, 3.05) is 7.11 Å².